The molecule has 66 valence electrons. The van der Waals surface area contributed by atoms with Crippen LogP contribution < -0.4 is 21.9 Å². The molecule has 1 aromatic heterocycles. The second-order valence-electron chi connectivity index (χ2n) is 2.56. The zero-order chi connectivity index (χ0) is 9.30. The van der Waals surface area contributed by atoms with Gasteiger partial charge in [-0.2, -0.15) is 0 Å². The van der Waals surface area contributed by atoms with Gasteiger partial charge in [0, 0.05) is 14.1 Å². The normalized spacial score (nSPS) is 9.83. The zero-order valence-electron chi connectivity index (χ0n) is 6.84. The van der Waals surface area contributed by atoms with Crippen LogP contribution >= 0.6 is 0 Å². The molecule has 0 aromatic carbocycles. The van der Waals surface area contributed by atoms with Gasteiger partial charge in [0.05, 0.1) is 0 Å². The highest BCUT2D eigenvalue weighted by Gasteiger charge is 2.05. The monoisotopic (exact) mass is 170 g/mol. The van der Waals surface area contributed by atoms with Gasteiger partial charge in [0.25, 0.3) is 5.56 Å². The first-order valence-electron chi connectivity index (χ1n) is 3.31. The van der Waals surface area contributed by atoms with Crippen LogP contribution in [0.1, 0.15) is 0 Å². The van der Waals surface area contributed by atoms with Crippen LogP contribution in [0, 0.1) is 0 Å². The number of hydrogen-bond acceptors (Lipinski definition) is 4. The van der Waals surface area contributed by atoms with Crippen LogP contribution in [0.5, 0.6) is 0 Å². The second kappa shape index (κ2) is 2.72. The number of anilines is 2. The maximum absolute atomic E-state index is 10.9. The van der Waals surface area contributed by atoms with Crippen molar-refractivity contribution in [3.63, 3.8) is 0 Å². The van der Waals surface area contributed by atoms with Crippen molar-refractivity contribution in [1.29, 1.82) is 0 Å². The summed E-state index contributed by atoms with van der Waals surface area (Å²) >= 11 is 0. The van der Waals surface area contributed by atoms with Crippen LogP contribution in [-0.2, 0) is 0 Å². The van der Waals surface area contributed by atoms with Gasteiger partial charge >= 0.3 is 5.69 Å². The number of rotatable bonds is 1. The van der Waals surface area contributed by atoms with Gasteiger partial charge in [-0.15, -0.1) is 0 Å². The molecule has 0 spiro atoms. The first-order valence-corrected chi connectivity index (χ1v) is 3.31. The van der Waals surface area contributed by atoms with Crippen molar-refractivity contribution in [2.45, 2.75) is 0 Å². The largest absolute Gasteiger partial charge is 0.391 e. The van der Waals surface area contributed by atoms with E-state index in [1.807, 2.05) is 4.98 Å². The number of H-pyrrole nitrogens is 2. The lowest BCUT2D eigenvalue weighted by Gasteiger charge is -2.12. The number of nitrogens with one attached hydrogen (secondary N) is 2. The Hall–Kier alpha value is -1.72. The summed E-state index contributed by atoms with van der Waals surface area (Å²) in [5, 5.41) is 0. The fourth-order valence-electron chi connectivity index (χ4n) is 0.837. The van der Waals surface area contributed by atoms with E-state index in [1.54, 1.807) is 19.0 Å². The summed E-state index contributed by atoms with van der Waals surface area (Å²) in [5.74, 6) is 0.323. The molecule has 6 heteroatoms. The lowest BCUT2D eigenvalue weighted by atomic mass is 10.4. The molecule has 6 nitrogen and oxygen atoms in total. The summed E-state index contributed by atoms with van der Waals surface area (Å²) in [7, 11) is 3.36. The van der Waals surface area contributed by atoms with E-state index in [9.17, 15) is 9.59 Å². The Morgan fingerprint density at radius 3 is 2.33 bits per heavy atom. The number of nitrogens with zero attached hydrogens (tertiary/aromatic N) is 1. The molecule has 0 atom stereocenters. The molecule has 0 aliphatic heterocycles. The van der Waals surface area contributed by atoms with Gasteiger partial charge in [-0.05, 0) is 0 Å². The van der Waals surface area contributed by atoms with Crippen LogP contribution in [0.25, 0.3) is 0 Å². The highest BCUT2D eigenvalue weighted by atomic mass is 16.2. The summed E-state index contributed by atoms with van der Waals surface area (Å²) < 4.78 is 0. The van der Waals surface area contributed by atoms with Gasteiger partial charge in [-0.1, -0.05) is 0 Å². The Balaban J connectivity index is 3.49. The summed E-state index contributed by atoms with van der Waals surface area (Å²) in [6.45, 7) is 0. The van der Waals surface area contributed by atoms with Crippen molar-refractivity contribution in [3.8, 4) is 0 Å². The molecule has 1 aromatic rings. The SMILES string of the molecule is CN(C)c1[nH]c(=O)[nH]c(=O)c1N. The molecule has 0 unspecified atom stereocenters. The lowest BCUT2D eigenvalue weighted by Crippen LogP contribution is -2.29. The number of hydrogen-bond donors (Lipinski definition) is 3. The molecule has 0 amide bonds. The van der Waals surface area contributed by atoms with Crippen LogP contribution in [0.3, 0.4) is 0 Å². The van der Waals surface area contributed by atoms with E-state index < -0.39 is 11.2 Å². The Morgan fingerprint density at radius 2 is 1.83 bits per heavy atom. The summed E-state index contributed by atoms with van der Waals surface area (Å²) in [5.41, 5.74) is 4.29. The molecule has 0 radical (unpaired) electrons. The van der Waals surface area contributed by atoms with Crippen molar-refractivity contribution in [2.75, 3.05) is 24.7 Å². The van der Waals surface area contributed by atoms with E-state index in [0.29, 0.717) is 5.82 Å². The molecular weight excluding hydrogens is 160 g/mol. The van der Waals surface area contributed by atoms with Crippen LogP contribution in [0.4, 0.5) is 11.5 Å². The molecule has 12 heavy (non-hydrogen) atoms. The average Bonchev–Trinajstić information content (AvgIpc) is 1.96. The predicted octanol–water partition coefficient (Wildman–Crippen LogP) is -1.29. The molecule has 0 aliphatic rings. The maximum atomic E-state index is 10.9. The highest BCUT2D eigenvalue weighted by molar-refractivity contribution is 5.59. The average molecular weight is 170 g/mol. The van der Waals surface area contributed by atoms with Crippen molar-refractivity contribution in [3.05, 3.63) is 20.8 Å². The van der Waals surface area contributed by atoms with Gasteiger partial charge in [-0.3, -0.25) is 14.8 Å². The van der Waals surface area contributed by atoms with Gasteiger partial charge in [0.15, 0.2) is 0 Å². The first kappa shape index (κ1) is 8.38. The predicted molar refractivity (Wildman–Crippen MR) is 46.4 cm³/mol. The number of nitrogen functional groups attached to an aromatic ring is 1. The summed E-state index contributed by atoms with van der Waals surface area (Å²) in [6.07, 6.45) is 0. The van der Waals surface area contributed by atoms with Crippen LogP contribution in [-0.4, -0.2) is 24.1 Å². The minimum atomic E-state index is -0.567. The third kappa shape index (κ3) is 1.31. The third-order valence-electron chi connectivity index (χ3n) is 1.41. The van der Waals surface area contributed by atoms with Gasteiger partial charge < -0.3 is 10.6 Å². The Bertz CT molecular complexity index is 389. The minimum Gasteiger partial charge on any atom is -0.391 e. The number of nitrogens with two attached hydrogens (primary N) is 1. The third-order valence-corrected chi connectivity index (χ3v) is 1.41. The van der Waals surface area contributed by atoms with Gasteiger partial charge in [0.1, 0.15) is 11.5 Å². The number of aromatic nitrogens is 2. The fraction of sp³-hybridized carbons (Fsp3) is 0.333. The zero-order valence-corrected chi connectivity index (χ0v) is 6.84. The second-order valence-corrected chi connectivity index (χ2v) is 2.56. The molecule has 4 N–H and O–H groups in total. The first-order chi connectivity index (χ1) is 5.52. The Kier molecular flexibility index (Phi) is 1.90. The number of aromatic amines is 2. The Labute approximate surface area is 68.0 Å². The highest BCUT2D eigenvalue weighted by Crippen LogP contribution is 2.08. The minimum absolute atomic E-state index is 0.0135. The molecule has 0 saturated carbocycles. The molecule has 0 aliphatic carbocycles. The maximum Gasteiger partial charge on any atom is 0.327 e. The van der Waals surface area contributed by atoms with Crippen molar-refractivity contribution in [2.24, 2.45) is 0 Å². The fourth-order valence-corrected chi connectivity index (χ4v) is 0.837. The standard InChI is InChI=1S/C6H10N4O2/c1-10(2)4-3(7)5(11)9-6(12)8-4/h7H2,1-2H3,(H2,8,9,11,12). The van der Waals surface area contributed by atoms with E-state index in [0.717, 1.165) is 0 Å². The molecule has 0 fully saturated rings. The van der Waals surface area contributed by atoms with E-state index in [-0.39, 0.29) is 5.69 Å². The van der Waals surface area contributed by atoms with Crippen LogP contribution in [0.15, 0.2) is 9.59 Å². The van der Waals surface area contributed by atoms with Crippen LogP contribution in [0.2, 0.25) is 0 Å². The van der Waals surface area contributed by atoms with E-state index in [1.165, 1.54) is 0 Å². The summed E-state index contributed by atoms with van der Waals surface area (Å²) in [6, 6.07) is 0. The summed E-state index contributed by atoms with van der Waals surface area (Å²) in [4.78, 5) is 27.7. The lowest BCUT2D eigenvalue weighted by molar-refractivity contribution is 0.982. The van der Waals surface area contributed by atoms with E-state index in [2.05, 4.69) is 4.98 Å². The molecule has 0 bridgehead atoms. The smallest absolute Gasteiger partial charge is 0.327 e. The molecule has 0 saturated heterocycles. The Morgan fingerprint density at radius 1 is 1.25 bits per heavy atom. The molecule has 1 heterocycles. The van der Waals surface area contributed by atoms with E-state index in [4.69, 9.17) is 5.73 Å². The molecular formula is C6H10N4O2. The van der Waals surface area contributed by atoms with Crippen molar-refractivity contribution < 1.29 is 0 Å². The molecule has 1 rings (SSSR count). The van der Waals surface area contributed by atoms with Crippen molar-refractivity contribution >= 4 is 11.5 Å². The van der Waals surface area contributed by atoms with Gasteiger partial charge in [0.2, 0.25) is 0 Å². The van der Waals surface area contributed by atoms with Crippen molar-refractivity contribution in [1.82, 2.24) is 9.97 Å². The van der Waals surface area contributed by atoms with E-state index >= 15 is 0 Å². The topological polar surface area (TPSA) is 95.0 Å². The van der Waals surface area contributed by atoms with Gasteiger partial charge in [-0.25, -0.2) is 4.79 Å². The quantitative estimate of drug-likeness (QED) is 0.488.